The molecular weight excluding hydrogens is 186 g/mol. The lowest BCUT2D eigenvalue weighted by atomic mass is 10.1. The number of aryl methyl sites for hydroxylation is 2. The minimum Gasteiger partial charge on any atom is -0.489 e. The van der Waals surface area contributed by atoms with Crippen molar-refractivity contribution >= 4 is 0 Å². The van der Waals surface area contributed by atoms with Crippen LogP contribution in [-0.4, -0.2) is 19.2 Å². The van der Waals surface area contributed by atoms with E-state index in [1.807, 2.05) is 6.07 Å². The monoisotopic (exact) mass is 207 g/mol. The Kier molecular flexibility index (Phi) is 4.63. The molecule has 2 heteroatoms. The number of benzene rings is 1. The Morgan fingerprint density at radius 3 is 2.60 bits per heavy atom. The lowest BCUT2D eigenvalue weighted by Crippen LogP contribution is -2.28. The van der Waals surface area contributed by atoms with Gasteiger partial charge in [-0.1, -0.05) is 13.0 Å². The summed E-state index contributed by atoms with van der Waals surface area (Å²) in [4.78, 5) is 0. The van der Waals surface area contributed by atoms with Crippen LogP contribution in [0.5, 0.6) is 5.75 Å². The van der Waals surface area contributed by atoms with Crippen LogP contribution in [0.4, 0.5) is 0 Å². The van der Waals surface area contributed by atoms with Gasteiger partial charge in [0.2, 0.25) is 0 Å². The quantitative estimate of drug-likeness (QED) is 0.801. The second-order valence-electron chi connectivity index (χ2n) is 3.98. The average Bonchev–Trinajstić information content (AvgIpc) is 2.20. The fourth-order valence-corrected chi connectivity index (χ4v) is 1.41. The first-order valence-corrected chi connectivity index (χ1v) is 5.58. The number of nitrogens with one attached hydrogen (secondary N) is 1. The molecule has 2 nitrogen and oxygen atoms in total. The molecule has 1 aromatic carbocycles. The molecule has 0 aliphatic heterocycles. The average molecular weight is 207 g/mol. The summed E-state index contributed by atoms with van der Waals surface area (Å²) in [6.07, 6.45) is 0.215. The molecular formula is C13H21NO. The van der Waals surface area contributed by atoms with Crippen LogP contribution in [0.3, 0.4) is 0 Å². The zero-order valence-electron chi connectivity index (χ0n) is 10.1. The van der Waals surface area contributed by atoms with Gasteiger partial charge in [-0.25, -0.2) is 0 Å². The third-order valence-corrected chi connectivity index (χ3v) is 2.50. The summed E-state index contributed by atoms with van der Waals surface area (Å²) in [6.45, 7) is 10.3. The SMILES string of the molecule is CCNCC(C)Oc1ccc(C)c(C)c1. The summed E-state index contributed by atoms with van der Waals surface area (Å²) < 4.78 is 5.79. The van der Waals surface area contributed by atoms with Crippen molar-refractivity contribution in [1.82, 2.24) is 5.32 Å². The van der Waals surface area contributed by atoms with Crippen molar-refractivity contribution < 1.29 is 4.74 Å². The first-order chi connectivity index (χ1) is 7.13. The van der Waals surface area contributed by atoms with Gasteiger partial charge in [0.15, 0.2) is 0 Å². The second-order valence-corrected chi connectivity index (χ2v) is 3.98. The van der Waals surface area contributed by atoms with E-state index in [2.05, 4.69) is 45.1 Å². The van der Waals surface area contributed by atoms with Gasteiger partial charge in [0.05, 0.1) is 0 Å². The third kappa shape index (κ3) is 3.92. The molecule has 0 radical (unpaired) electrons. The van der Waals surface area contributed by atoms with Gasteiger partial charge in [-0.15, -0.1) is 0 Å². The summed E-state index contributed by atoms with van der Waals surface area (Å²) in [7, 11) is 0. The molecule has 1 unspecified atom stereocenters. The number of hydrogen-bond donors (Lipinski definition) is 1. The van der Waals surface area contributed by atoms with E-state index >= 15 is 0 Å². The molecule has 84 valence electrons. The molecule has 0 bridgehead atoms. The number of ether oxygens (including phenoxy) is 1. The highest BCUT2D eigenvalue weighted by Crippen LogP contribution is 2.17. The predicted octanol–water partition coefficient (Wildman–Crippen LogP) is 2.68. The number of rotatable bonds is 5. The Balaban J connectivity index is 2.53. The predicted molar refractivity (Wildman–Crippen MR) is 64.5 cm³/mol. The van der Waals surface area contributed by atoms with Gasteiger partial charge in [-0.05, 0) is 50.6 Å². The lowest BCUT2D eigenvalue weighted by Gasteiger charge is -2.15. The summed E-state index contributed by atoms with van der Waals surface area (Å²) in [5.74, 6) is 0.962. The van der Waals surface area contributed by atoms with Gasteiger partial charge in [-0.3, -0.25) is 0 Å². The van der Waals surface area contributed by atoms with Gasteiger partial charge >= 0.3 is 0 Å². The fourth-order valence-electron chi connectivity index (χ4n) is 1.41. The zero-order valence-corrected chi connectivity index (χ0v) is 10.1. The van der Waals surface area contributed by atoms with Gasteiger partial charge in [0.1, 0.15) is 11.9 Å². The minimum atomic E-state index is 0.215. The minimum absolute atomic E-state index is 0.215. The van der Waals surface area contributed by atoms with E-state index < -0.39 is 0 Å². The molecule has 0 aliphatic carbocycles. The maximum absolute atomic E-state index is 5.79. The molecule has 0 saturated heterocycles. The molecule has 0 amide bonds. The van der Waals surface area contributed by atoms with E-state index in [0.29, 0.717) is 0 Å². The lowest BCUT2D eigenvalue weighted by molar-refractivity contribution is 0.218. The molecule has 1 atom stereocenters. The second kappa shape index (κ2) is 5.76. The van der Waals surface area contributed by atoms with E-state index in [9.17, 15) is 0 Å². The van der Waals surface area contributed by atoms with Crippen molar-refractivity contribution in [2.75, 3.05) is 13.1 Å². The van der Waals surface area contributed by atoms with Crippen LogP contribution >= 0.6 is 0 Å². The molecule has 1 N–H and O–H groups in total. The standard InChI is InChI=1S/C13H21NO/c1-5-14-9-12(4)15-13-7-6-10(2)11(3)8-13/h6-8,12,14H,5,9H2,1-4H3. The van der Waals surface area contributed by atoms with E-state index in [1.54, 1.807) is 0 Å². The Labute approximate surface area is 92.6 Å². The van der Waals surface area contributed by atoms with Crippen LogP contribution in [0.2, 0.25) is 0 Å². The summed E-state index contributed by atoms with van der Waals surface area (Å²) in [5.41, 5.74) is 2.59. The van der Waals surface area contributed by atoms with Crippen molar-refractivity contribution in [3.05, 3.63) is 29.3 Å². The third-order valence-electron chi connectivity index (χ3n) is 2.50. The maximum atomic E-state index is 5.79. The molecule has 0 saturated carbocycles. The largest absolute Gasteiger partial charge is 0.489 e. The molecule has 1 aromatic rings. The summed E-state index contributed by atoms with van der Waals surface area (Å²) in [6, 6.07) is 6.23. The first kappa shape index (κ1) is 12.1. The van der Waals surface area contributed by atoms with Gasteiger partial charge < -0.3 is 10.1 Å². The maximum Gasteiger partial charge on any atom is 0.120 e. The number of hydrogen-bond acceptors (Lipinski definition) is 2. The molecule has 1 rings (SSSR count). The molecule has 0 fully saturated rings. The zero-order chi connectivity index (χ0) is 11.3. The van der Waals surface area contributed by atoms with Crippen molar-refractivity contribution in [3.63, 3.8) is 0 Å². The molecule has 0 heterocycles. The molecule has 0 spiro atoms. The van der Waals surface area contributed by atoms with Crippen LogP contribution in [0.1, 0.15) is 25.0 Å². The van der Waals surface area contributed by atoms with Gasteiger partial charge in [-0.2, -0.15) is 0 Å². The van der Waals surface area contributed by atoms with Crippen molar-refractivity contribution in [3.8, 4) is 5.75 Å². The van der Waals surface area contributed by atoms with Crippen molar-refractivity contribution in [1.29, 1.82) is 0 Å². The van der Waals surface area contributed by atoms with E-state index in [0.717, 1.165) is 18.8 Å². The van der Waals surface area contributed by atoms with Crippen LogP contribution in [0.15, 0.2) is 18.2 Å². The van der Waals surface area contributed by atoms with Crippen molar-refractivity contribution in [2.45, 2.75) is 33.8 Å². The molecule has 0 aromatic heterocycles. The normalized spacial score (nSPS) is 12.5. The van der Waals surface area contributed by atoms with Crippen LogP contribution < -0.4 is 10.1 Å². The highest BCUT2D eigenvalue weighted by atomic mass is 16.5. The van der Waals surface area contributed by atoms with Crippen LogP contribution in [0.25, 0.3) is 0 Å². The van der Waals surface area contributed by atoms with Crippen molar-refractivity contribution in [2.24, 2.45) is 0 Å². The van der Waals surface area contributed by atoms with Gasteiger partial charge in [0.25, 0.3) is 0 Å². The van der Waals surface area contributed by atoms with Crippen LogP contribution in [0, 0.1) is 13.8 Å². The van der Waals surface area contributed by atoms with E-state index in [-0.39, 0.29) is 6.10 Å². The molecule has 0 aliphatic rings. The highest BCUT2D eigenvalue weighted by molar-refractivity contribution is 5.33. The Morgan fingerprint density at radius 1 is 1.27 bits per heavy atom. The Bertz CT molecular complexity index is 309. The van der Waals surface area contributed by atoms with Gasteiger partial charge in [0, 0.05) is 6.54 Å². The summed E-state index contributed by atoms with van der Waals surface area (Å²) in [5, 5.41) is 3.27. The molecule has 15 heavy (non-hydrogen) atoms. The smallest absolute Gasteiger partial charge is 0.120 e. The van der Waals surface area contributed by atoms with E-state index in [1.165, 1.54) is 11.1 Å². The Hall–Kier alpha value is -1.02. The Morgan fingerprint density at radius 2 is 2.00 bits per heavy atom. The fraction of sp³-hybridized carbons (Fsp3) is 0.538. The van der Waals surface area contributed by atoms with E-state index in [4.69, 9.17) is 4.74 Å². The topological polar surface area (TPSA) is 21.3 Å². The highest BCUT2D eigenvalue weighted by Gasteiger charge is 2.03. The van der Waals surface area contributed by atoms with Crippen LogP contribution in [-0.2, 0) is 0 Å². The first-order valence-electron chi connectivity index (χ1n) is 5.58. The summed E-state index contributed by atoms with van der Waals surface area (Å²) >= 11 is 0. The number of likely N-dealkylation sites (N-methyl/N-ethyl adjacent to an activating group) is 1.